The molecule has 0 radical (unpaired) electrons. The number of fused-ring (bicyclic) bond motifs is 2. The number of hydrogen-bond acceptors (Lipinski definition) is 7. The predicted octanol–water partition coefficient (Wildman–Crippen LogP) is 3.02. The summed E-state index contributed by atoms with van der Waals surface area (Å²) >= 11 is 0. The third-order valence-corrected chi connectivity index (χ3v) is 6.15. The molecule has 0 amide bonds. The van der Waals surface area contributed by atoms with Crippen LogP contribution in [0.5, 0.6) is 0 Å². The second kappa shape index (κ2) is 8.58. The van der Waals surface area contributed by atoms with E-state index >= 15 is 0 Å². The number of nitrogens with one attached hydrogen (secondary N) is 2. The zero-order valence-electron chi connectivity index (χ0n) is 18.6. The van der Waals surface area contributed by atoms with E-state index in [1.165, 1.54) is 0 Å². The molecule has 0 saturated carbocycles. The van der Waals surface area contributed by atoms with Crippen molar-refractivity contribution in [3.8, 4) is 11.3 Å². The third kappa shape index (κ3) is 4.34. The fourth-order valence-electron chi connectivity index (χ4n) is 4.43. The van der Waals surface area contributed by atoms with Crippen molar-refractivity contribution in [2.24, 2.45) is 4.99 Å². The van der Waals surface area contributed by atoms with Gasteiger partial charge < -0.3 is 10.6 Å². The first-order valence-corrected chi connectivity index (χ1v) is 10.9. The maximum Gasteiger partial charge on any atom is 0.281 e. The summed E-state index contributed by atoms with van der Waals surface area (Å²) in [4.78, 5) is 15.0. The van der Waals surface area contributed by atoms with E-state index < -0.39 is 24.9 Å². The quantitative estimate of drug-likeness (QED) is 0.533. The first kappa shape index (κ1) is 22.7. The molecule has 180 valence electrons. The lowest BCUT2D eigenvalue weighted by Crippen LogP contribution is -2.41. The molecule has 12 heteroatoms. The van der Waals surface area contributed by atoms with Crippen LogP contribution in [0, 0.1) is 0 Å². The van der Waals surface area contributed by atoms with Crippen LogP contribution in [-0.4, -0.2) is 81.3 Å². The van der Waals surface area contributed by atoms with E-state index in [0.717, 1.165) is 11.3 Å². The van der Waals surface area contributed by atoms with E-state index in [9.17, 15) is 17.6 Å². The second-order valence-corrected chi connectivity index (χ2v) is 8.77. The standard InChI is InChI=1S/C22H24F4N8/c1-12-16(27-9-20(23)24)7-17-15(29-12)4-3-14(30-17)13-5-6-34-18(13)8-28-21(32-34)31-19-10-33(2)11-22(19,25)26/h3-6,8,16,19-20,27H,7,9-11H2,1-2H3,(H,31,32)/t16-,19+/m0/s1. The first-order chi connectivity index (χ1) is 16.2. The molecule has 1 saturated heterocycles. The van der Waals surface area contributed by atoms with Gasteiger partial charge in [0.05, 0.1) is 47.9 Å². The maximum absolute atomic E-state index is 14.1. The number of anilines is 1. The van der Waals surface area contributed by atoms with Gasteiger partial charge in [0.15, 0.2) is 0 Å². The zero-order valence-corrected chi connectivity index (χ0v) is 18.6. The summed E-state index contributed by atoms with van der Waals surface area (Å²) in [6.07, 6.45) is 1.29. The number of likely N-dealkylation sites (N-methyl/N-ethyl adjacent to an activating group) is 1. The number of aromatic nitrogens is 4. The molecule has 2 aliphatic heterocycles. The molecule has 2 atom stereocenters. The summed E-state index contributed by atoms with van der Waals surface area (Å²) in [6.45, 7) is 1.28. The smallest absolute Gasteiger partial charge is 0.281 e. The van der Waals surface area contributed by atoms with Crippen molar-refractivity contribution in [2.45, 2.75) is 37.8 Å². The number of halogens is 4. The molecule has 5 rings (SSSR count). The summed E-state index contributed by atoms with van der Waals surface area (Å²) in [6, 6.07) is 4.13. The Morgan fingerprint density at radius 3 is 2.79 bits per heavy atom. The number of nitrogens with zero attached hydrogens (tertiary/aromatic N) is 6. The van der Waals surface area contributed by atoms with Gasteiger partial charge >= 0.3 is 0 Å². The van der Waals surface area contributed by atoms with Crippen LogP contribution in [0.3, 0.4) is 0 Å². The third-order valence-electron chi connectivity index (χ3n) is 6.15. The summed E-state index contributed by atoms with van der Waals surface area (Å²) in [5, 5.41) is 9.92. The van der Waals surface area contributed by atoms with Gasteiger partial charge in [0.2, 0.25) is 5.95 Å². The van der Waals surface area contributed by atoms with Crippen molar-refractivity contribution in [3.05, 3.63) is 36.3 Å². The number of aliphatic imine (C=N–C) groups is 1. The molecule has 3 aromatic heterocycles. The highest BCUT2D eigenvalue weighted by molar-refractivity contribution is 5.92. The highest BCUT2D eigenvalue weighted by Gasteiger charge is 2.47. The minimum Gasteiger partial charge on any atom is -0.343 e. The van der Waals surface area contributed by atoms with E-state index in [1.54, 1.807) is 28.9 Å². The van der Waals surface area contributed by atoms with Crippen molar-refractivity contribution in [1.29, 1.82) is 0 Å². The van der Waals surface area contributed by atoms with Gasteiger partial charge in [-0.3, -0.25) is 14.9 Å². The van der Waals surface area contributed by atoms with E-state index in [0.29, 0.717) is 29.0 Å². The van der Waals surface area contributed by atoms with Gasteiger partial charge in [0.25, 0.3) is 12.3 Å². The molecule has 3 aromatic rings. The number of alkyl halides is 4. The van der Waals surface area contributed by atoms with Gasteiger partial charge in [-0.05, 0) is 32.2 Å². The van der Waals surface area contributed by atoms with Crippen LogP contribution in [0.15, 0.2) is 35.6 Å². The van der Waals surface area contributed by atoms with Crippen molar-refractivity contribution in [2.75, 3.05) is 32.0 Å². The fraction of sp³-hybridized carbons (Fsp3) is 0.455. The Hall–Kier alpha value is -3.12. The SMILES string of the molecule is CC1=Nc2ccc(-c3ccn4nc(N[C@@H]5CN(C)CC5(F)F)ncc34)nc2C[C@@H]1NCC(F)F. The topological polar surface area (TPSA) is 82.7 Å². The number of likely N-dealkylation sites (tertiary alicyclic amines) is 1. The summed E-state index contributed by atoms with van der Waals surface area (Å²) < 4.78 is 55.1. The van der Waals surface area contributed by atoms with Gasteiger partial charge in [-0.1, -0.05) is 0 Å². The van der Waals surface area contributed by atoms with Crippen LogP contribution in [-0.2, 0) is 6.42 Å². The molecule has 8 nitrogen and oxygen atoms in total. The normalized spacial score (nSPS) is 22.3. The van der Waals surface area contributed by atoms with Gasteiger partial charge in [-0.2, -0.15) is 0 Å². The van der Waals surface area contributed by atoms with Crippen molar-refractivity contribution >= 4 is 22.9 Å². The zero-order chi connectivity index (χ0) is 24.0. The maximum atomic E-state index is 14.1. The molecule has 5 heterocycles. The van der Waals surface area contributed by atoms with Crippen LogP contribution < -0.4 is 10.6 Å². The number of rotatable bonds is 6. The van der Waals surface area contributed by atoms with E-state index in [2.05, 4.69) is 25.7 Å². The van der Waals surface area contributed by atoms with Crippen LogP contribution >= 0.6 is 0 Å². The number of hydrogen-bond donors (Lipinski definition) is 2. The molecule has 2 N–H and O–H groups in total. The second-order valence-electron chi connectivity index (χ2n) is 8.77. The van der Waals surface area contributed by atoms with E-state index in [4.69, 9.17) is 4.98 Å². The molecule has 0 bridgehead atoms. The lowest BCUT2D eigenvalue weighted by molar-refractivity contribution is 0.00584. The molecule has 0 aliphatic carbocycles. The Kier molecular flexibility index (Phi) is 5.72. The number of pyridine rings is 1. The van der Waals surface area contributed by atoms with Gasteiger partial charge in [0.1, 0.15) is 6.04 Å². The largest absolute Gasteiger partial charge is 0.343 e. The fourth-order valence-corrected chi connectivity index (χ4v) is 4.43. The van der Waals surface area contributed by atoms with Crippen molar-refractivity contribution < 1.29 is 17.6 Å². The molecule has 0 spiro atoms. The van der Waals surface area contributed by atoms with Crippen LogP contribution in [0.1, 0.15) is 12.6 Å². The molecular weight excluding hydrogens is 452 g/mol. The molecule has 1 fully saturated rings. The summed E-state index contributed by atoms with van der Waals surface area (Å²) in [5.74, 6) is -2.75. The summed E-state index contributed by atoms with van der Waals surface area (Å²) in [7, 11) is 1.65. The lowest BCUT2D eigenvalue weighted by Gasteiger charge is -2.23. The minimum atomic E-state index is -2.87. The Bertz CT molecular complexity index is 1240. The van der Waals surface area contributed by atoms with Gasteiger partial charge in [-0.15, -0.1) is 5.10 Å². The highest BCUT2D eigenvalue weighted by Crippen LogP contribution is 2.31. The summed E-state index contributed by atoms with van der Waals surface area (Å²) in [5.41, 5.74) is 4.26. The first-order valence-electron chi connectivity index (χ1n) is 10.9. The van der Waals surface area contributed by atoms with Crippen LogP contribution in [0.25, 0.3) is 16.8 Å². The Balaban J connectivity index is 1.39. The molecular formula is C22H24F4N8. The highest BCUT2D eigenvalue weighted by atomic mass is 19.3. The Morgan fingerprint density at radius 1 is 1.24 bits per heavy atom. The average molecular weight is 476 g/mol. The lowest BCUT2D eigenvalue weighted by atomic mass is 10.0. The van der Waals surface area contributed by atoms with Crippen LogP contribution in [0.2, 0.25) is 0 Å². The molecule has 34 heavy (non-hydrogen) atoms. The molecule has 0 aromatic carbocycles. The Morgan fingerprint density at radius 2 is 2.06 bits per heavy atom. The van der Waals surface area contributed by atoms with E-state index in [1.807, 2.05) is 25.1 Å². The van der Waals surface area contributed by atoms with Gasteiger partial charge in [0, 0.05) is 30.4 Å². The predicted molar refractivity (Wildman–Crippen MR) is 120 cm³/mol. The monoisotopic (exact) mass is 476 g/mol. The average Bonchev–Trinajstić information content (AvgIpc) is 3.30. The van der Waals surface area contributed by atoms with Crippen LogP contribution in [0.4, 0.5) is 29.2 Å². The van der Waals surface area contributed by atoms with Crippen molar-refractivity contribution in [3.63, 3.8) is 0 Å². The molecule has 2 aliphatic rings. The molecule has 0 unspecified atom stereocenters. The Labute approximate surface area is 193 Å². The van der Waals surface area contributed by atoms with Gasteiger partial charge in [-0.25, -0.2) is 27.1 Å². The minimum absolute atomic E-state index is 0.116. The van der Waals surface area contributed by atoms with Crippen molar-refractivity contribution in [1.82, 2.24) is 29.8 Å². The van der Waals surface area contributed by atoms with E-state index in [-0.39, 0.29) is 25.1 Å².